The third-order valence-electron chi connectivity index (χ3n) is 7.84. The summed E-state index contributed by atoms with van der Waals surface area (Å²) < 4.78 is 4.91. The molecule has 6 aromatic rings. The van der Waals surface area contributed by atoms with Crippen LogP contribution < -0.4 is 0 Å². The number of hydrogen-bond donors (Lipinski definition) is 0. The highest BCUT2D eigenvalue weighted by molar-refractivity contribution is 6.29. The Bertz CT molecular complexity index is 1950. The maximum absolute atomic E-state index is 2.50. The smallest absolute Gasteiger partial charge is 0.0548 e. The Kier molecular flexibility index (Phi) is 4.09. The zero-order valence-electron chi connectivity index (χ0n) is 19.8. The molecule has 2 aromatic heterocycles. The molecule has 4 aromatic carbocycles. The number of fused-ring (bicyclic) bond motifs is 8. The summed E-state index contributed by atoms with van der Waals surface area (Å²) in [4.78, 5) is 0. The minimum Gasteiger partial charge on any atom is -0.313 e. The molecule has 2 aliphatic rings. The second-order valence-electron chi connectivity index (χ2n) is 9.77. The van der Waals surface area contributed by atoms with Crippen LogP contribution in [0.3, 0.4) is 0 Å². The maximum Gasteiger partial charge on any atom is 0.0548 e. The number of para-hydroxylation sites is 3. The van der Waals surface area contributed by atoms with E-state index >= 15 is 0 Å². The van der Waals surface area contributed by atoms with Gasteiger partial charge in [-0.2, -0.15) is 0 Å². The largest absolute Gasteiger partial charge is 0.313 e. The van der Waals surface area contributed by atoms with Gasteiger partial charge in [0.15, 0.2) is 0 Å². The topological polar surface area (TPSA) is 9.86 Å². The van der Waals surface area contributed by atoms with Crippen LogP contribution in [0.4, 0.5) is 0 Å². The molecular weight excluding hydrogens is 436 g/mol. The second-order valence-corrected chi connectivity index (χ2v) is 9.77. The lowest BCUT2D eigenvalue weighted by Gasteiger charge is -2.24. The molecule has 0 amide bonds. The Labute approximate surface area is 209 Å². The van der Waals surface area contributed by atoms with Gasteiger partial charge in [0.1, 0.15) is 0 Å². The molecule has 2 heteroatoms. The van der Waals surface area contributed by atoms with Crippen molar-refractivity contribution in [3.63, 3.8) is 0 Å². The molecule has 0 N–H and O–H groups in total. The number of aromatic nitrogens is 2. The van der Waals surface area contributed by atoms with E-state index in [1.165, 1.54) is 60.6 Å². The fourth-order valence-corrected chi connectivity index (χ4v) is 6.30. The van der Waals surface area contributed by atoms with Crippen LogP contribution in [0.15, 0.2) is 133 Å². The summed E-state index contributed by atoms with van der Waals surface area (Å²) in [6.45, 7) is 0. The SMILES string of the molecule is C1=CC2=CC=C(n3c4ccccc4c4c5c6ccccc6n(-c6ccccc6)c5ccc43)CC2C=C1. The lowest BCUT2D eigenvalue weighted by atomic mass is 9.86. The summed E-state index contributed by atoms with van der Waals surface area (Å²) >= 11 is 0. The predicted octanol–water partition coefficient (Wildman–Crippen LogP) is 8.80. The molecule has 0 spiro atoms. The van der Waals surface area contributed by atoms with Gasteiger partial charge in [-0.15, -0.1) is 0 Å². The number of nitrogens with zero attached hydrogens (tertiary/aromatic N) is 2. The summed E-state index contributed by atoms with van der Waals surface area (Å²) in [6, 6.07) is 33.1. The minimum atomic E-state index is 0.440. The van der Waals surface area contributed by atoms with E-state index in [0.29, 0.717) is 5.92 Å². The quantitative estimate of drug-likeness (QED) is 0.244. The summed E-state index contributed by atoms with van der Waals surface area (Å²) in [5.74, 6) is 0.440. The van der Waals surface area contributed by atoms with Crippen molar-refractivity contribution in [1.29, 1.82) is 0 Å². The van der Waals surface area contributed by atoms with Crippen molar-refractivity contribution in [3.05, 3.63) is 133 Å². The normalized spacial score (nSPS) is 17.2. The van der Waals surface area contributed by atoms with E-state index in [0.717, 1.165) is 6.42 Å². The van der Waals surface area contributed by atoms with Gasteiger partial charge in [-0.05, 0) is 54.5 Å². The number of hydrogen-bond acceptors (Lipinski definition) is 0. The molecule has 8 rings (SSSR count). The standard InChI is InChI=1S/C34H24N2/c1-2-12-25(13-3-1)35-29-16-8-6-14-27(29)33-31(35)20-21-32-34(33)28-15-7-9-17-30(28)36(32)26-19-18-23-10-4-5-11-24(23)22-26/h1-21,24H,22H2. The van der Waals surface area contributed by atoms with Gasteiger partial charge in [0.2, 0.25) is 0 Å². The van der Waals surface area contributed by atoms with E-state index < -0.39 is 0 Å². The van der Waals surface area contributed by atoms with E-state index in [-0.39, 0.29) is 0 Å². The van der Waals surface area contributed by atoms with E-state index in [1.807, 2.05) is 0 Å². The van der Waals surface area contributed by atoms with Gasteiger partial charge in [0.05, 0.1) is 22.1 Å². The molecule has 0 saturated heterocycles. The third kappa shape index (κ3) is 2.67. The van der Waals surface area contributed by atoms with Gasteiger partial charge in [0, 0.05) is 38.8 Å². The molecule has 170 valence electrons. The summed E-state index contributed by atoms with van der Waals surface area (Å²) in [5.41, 5.74) is 8.98. The monoisotopic (exact) mass is 460 g/mol. The highest BCUT2D eigenvalue weighted by atomic mass is 15.0. The summed E-state index contributed by atoms with van der Waals surface area (Å²) in [7, 11) is 0. The van der Waals surface area contributed by atoms with Crippen LogP contribution in [0.25, 0.3) is 55.0 Å². The van der Waals surface area contributed by atoms with E-state index in [2.05, 4.69) is 137 Å². The van der Waals surface area contributed by atoms with Crippen molar-refractivity contribution < 1.29 is 0 Å². The molecule has 36 heavy (non-hydrogen) atoms. The second kappa shape index (κ2) is 7.47. The molecule has 1 unspecified atom stereocenters. The molecule has 0 fully saturated rings. The number of allylic oxidation sites excluding steroid dienone is 8. The van der Waals surface area contributed by atoms with Gasteiger partial charge in [-0.3, -0.25) is 0 Å². The molecule has 0 bridgehead atoms. The van der Waals surface area contributed by atoms with Crippen LogP contribution in [0.1, 0.15) is 6.42 Å². The van der Waals surface area contributed by atoms with Crippen molar-refractivity contribution in [2.45, 2.75) is 6.42 Å². The first-order chi connectivity index (χ1) is 17.9. The van der Waals surface area contributed by atoms with Crippen LogP contribution in [0.2, 0.25) is 0 Å². The fourth-order valence-electron chi connectivity index (χ4n) is 6.30. The van der Waals surface area contributed by atoms with Crippen molar-refractivity contribution in [2.24, 2.45) is 5.92 Å². The zero-order chi connectivity index (χ0) is 23.6. The van der Waals surface area contributed by atoms with Gasteiger partial charge >= 0.3 is 0 Å². The average molecular weight is 461 g/mol. The average Bonchev–Trinajstić information content (AvgIpc) is 3.46. The number of benzene rings is 4. The van der Waals surface area contributed by atoms with Gasteiger partial charge in [-0.25, -0.2) is 0 Å². The lowest BCUT2D eigenvalue weighted by molar-refractivity contribution is 0.770. The third-order valence-corrected chi connectivity index (χ3v) is 7.84. The molecule has 2 heterocycles. The molecule has 2 aliphatic carbocycles. The highest BCUT2D eigenvalue weighted by Gasteiger charge is 2.23. The highest BCUT2D eigenvalue weighted by Crippen LogP contribution is 2.43. The summed E-state index contributed by atoms with van der Waals surface area (Å²) in [5, 5.41) is 5.27. The Balaban J connectivity index is 1.51. The maximum atomic E-state index is 2.50. The van der Waals surface area contributed by atoms with Crippen molar-refractivity contribution in [2.75, 3.05) is 0 Å². The molecular formula is C34H24N2. The van der Waals surface area contributed by atoms with Crippen molar-refractivity contribution >= 4 is 49.3 Å². The molecule has 0 aliphatic heterocycles. The Morgan fingerprint density at radius 2 is 1.19 bits per heavy atom. The Morgan fingerprint density at radius 1 is 0.556 bits per heavy atom. The van der Waals surface area contributed by atoms with Crippen LogP contribution in [0.5, 0.6) is 0 Å². The first-order valence-corrected chi connectivity index (χ1v) is 12.7. The zero-order valence-corrected chi connectivity index (χ0v) is 19.8. The Morgan fingerprint density at radius 3 is 1.94 bits per heavy atom. The van der Waals surface area contributed by atoms with Crippen LogP contribution >= 0.6 is 0 Å². The lowest BCUT2D eigenvalue weighted by Crippen LogP contribution is -2.10. The minimum absolute atomic E-state index is 0.440. The van der Waals surface area contributed by atoms with E-state index in [1.54, 1.807) is 0 Å². The molecule has 0 saturated carbocycles. The molecule has 0 radical (unpaired) electrons. The van der Waals surface area contributed by atoms with Crippen LogP contribution in [0, 0.1) is 5.92 Å². The first-order valence-electron chi connectivity index (χ1n) is 12.7. The van der Waals surface area contributed by atoms with Crippen LogP contribution in [-0.2, 0) is 0 Å². The van der Waals surface area contributed by atoms with Crippen LogP contribution in [-0.4, -0.2) is 9.13 Å². The van der Waals surface area contributed by atoms with Gasteiger partial charge < -0.3 is 9.13 Å². The predicted molar refractivity (Wildman–Crippen MR) is 153 cm³/mol. The number of rotatable bonds is 2. The van der Waals surface area contributed by atoms with E-state index in [4.69, 9.17) is 0 Å². The van der Waals surface area contributed by atoms with Gasteiger partial charge in [0.25, 0.3) is 0 Å². The van der Waals surface area contributed by atoms with Gasteiger partial charge in [-0.1, -0.05) is 85.0 Å². The first kappa shape index (κ1) is 19.7. The molecule has 1 atom stereocenters. The van der Waals surface area contributed by atoms with E-state index in [9.17, 15) is 0 Å². The Hall–Kier alpha value is -4.56. The summed E-state index contributed by atoms with van der Waals surface area (Å²) in [6.07, 6.45) is 14.5. The fraction of sp³-hybridized carbons (Fsp3) is 0.0588. The van der Waals surface area contributed by atoms with Crippen molar-refractivity contribution in [1.82, 2.24) is 9.13 Å². The molecule has 2 nitrogen and oxygen atoms in total. The van der Waals surface area contributed by atoms with Crippen molar-refractivity contribution in [3.8, 4) is 5.69 Å².